The number of rotatable bonds is 5. The Kier molecular flexibility index (Phi) is 5.59. The molecule has 116 valence electrons. The quantitative estimate of drug-likeness (QED) is 0.899. The van der Waals surface area contributed by atoms with E-state index in [0.717, 1.165) is 31.5 Å². The highest BCUT2D eigenvalue weighted by atomic mass is 35.5. The number of halogens is 2. The van der Waals surface area contributed by atoms with E-state index < -0.39 is 5.97 Å². The van der Waals surface area contributed by atoms with Crippen molar-refractivity contribution in [3.05, 3.63) is 34.6 Å². The van der Waals surface area contributed by atoms with Crippen molar-refractivity contribution in [1.82, 2.24) is 4.90 Å². The zero-order chi connectivity index (χ0) is 15.4. The maximum Gasteiger partial charge on any atom is 0.303 e. The van der Waals surface area contributed by atoms with Gasteiger partial charge in [0.05, 0.1) is 0 Å². The summed E-state index contributed by atoms with van der Waals surface area (Å²) in [6, 6.07) is 4.60. The summed E-state index contributed by atoms with van der Waals surface area (Å²) in [7, 11) is 0. The van der Waals surface area contributed by atoms with E-state index in [9.17, 15) is 9.18 Å². The first kappa shape index (κ1) is 16.2. The van der Waals surface area contributed by atoms with E-state index >= 15 is 0 Å². The minimum atomic E-state index is -0.739. The summed E-state index contributed by atoms with van der Waals surface area (Å²) in [6.45, 7) is 4.49. The molecule has 1 aliphatic rings. The molecule has 2 atom stereocenters. The number of carbonyl (C=O) groups is 1. The summed E-state index contributed by atoms with van der Waals surface area (Å²) in [5, 5.41) is 9.32. The summed E-state index contributed by atoms with van der Waals surface area (Å²) >= 11 is 5.88. The average molecular weight is 314 g/mol. The summed E-state index contributed by atoms with van der Waals surface area (Å²) in [4.78, 5) is 13.1. The van der Waals surface area contributed by atoms with Gasteiger partial charge < -0.3 is 5.11 Å². The molecule has 0 saturated carbocycles. The lowest BCUT2D eigenvalue weighted by Gasteiger charge is -2.35. The van der Waals surface area contributed by atoms with E-state index in [4.69, 9.17) is 16.7 Å². The molecule has 0 amide bonds. The first-order valence-corrected chi connectivity index (χ1v) is 7.71. The highest BCUT2D eigenvalue weighted by molar-refractivity contribution is 6.30. The van der Waals surface area contributed by atoms with Gasteiger partial charge in [0, 0.05) is 24.5 Å². The highest BCUT2D eigenvalue weighted by Gasteiger charge is 2.26. The predicted molar refractivity (Wildman–Crippen MR) is 80.8 cm³/mol. The molecule has 1 saturated heterocycles. The van der Waals surface area contributed by atoms with Crippen LogP contribution in [0.2, 0.25) is 5.02 Å². The number of aliphatic carboxylic acids is 1. The van der Waals surface area contributed by atoms with Crippen molar-refractivity contribution in [2.24, 2.45) is 11.8 Å². The standard InChI is InChI=1S/C16H21ClFNO2/c1-11(5-16(20)21)13-3-2-4-19(10-13)9-12-6-14(17)8-15(18)7-12/h6-8,11,13H,2-5,9-10H2,1H3,(H,20,21). The molecule has 1 fully saturated rings. The fourth-order valence-corrected chi connectivity index (χ4v) is 3.35. The zero-order valence-electron chi connectivity index (χ0n) is 12.2. The second-order valence-corrected chi connectivity index (χ2v) is 6.43. The maximum atomic E-state index is 13.4. The van der Waals surface area contributed by atoms with Crippen LogP contribution < -0.4 is 0 Å². The topological polar surface area (TPSA) is 40.5 Å². The molecule has 0 radical (unpaired) electrons. The fraction of sp³-hybridized carbons (Fsp3) is 0.562. The third-order valence-electron chi connectivity index (χ3n) is 4.17. The van der Waals surface area contributed by atoms with Crippen LogP contribution in [0.3, 0.4) is 0 Å². The third-order valence-corrected chi connectivity index (χ3v) is 4.39. The predicted octanol–water partition coefficient (Wildman–Crippen LogP) is 3.80. The minimum Gasteiger partial charge on any atom is -0.481 e. The zero-order valence-corrected chi connectivity index (χ0v) is 12.9. The molecule has 2 rings (SSSR count). The molecular weight excluding hydrogens is 293 g/mol. The number of carboxylic acids is 1. The number of nitrogens with zero attached hydrogens (tertiary/aromatic N) is 1. The second-order valence-electron chi connectivity index (χ2n) is 5.99. The summed E-state index contributed by atoms with van der Waals surface area (Å²) in [5.41, 5.74) is 0.867. The molecule has 1 aliphatic heterocycles. The molecule has 1 heterocycles. The van der Waals surface area contributed by atoms with Gasteiger partial charge in [0.25, 0.3) is 0 Å². The van der Waals surface area contributed by atoms with Gasteiger partial charge in [-0.3, -0.25) is 9.69 Å². The van der Waals surface area contributed by atoms with Crippen molar-refractivity contribution >= 4 is 17.6 Å². The number of hydrogen-bond donors (Lipinski definition) is 1. The van der Waals surface area contributed by atoms with Crippen LogP contribution in [-0.4, -0.2) is 29.1 Å². The minimum absolute atomic E-state index is 0.168. The van der Waals surface area contributed by atoms with Gasteiger partial charge in [-0.2, -0.15) is 0 Å². The second kappa shape index (κ2) is 7.23. The van der Waals surface area contributed by atoms with E-state index in [1.807, 2.05) is 6.92 Å². The Hall–Kier alpha value is -1.13. The summed E-state index contributed by atoms with van der Waals surface area (Å²) < 4.78 is 13.4. The molecule has 21 heavy (non-hydrogen) atoms. The van der Waals surface area contributed by atoms with Gasteiger partial charge in [0.15, 0.2) is 0 Å². The number of carboxylic acid groups (broad SMARTS) is 1. The molecule has 1 aromatic rings. The van der Waals surface area contributed by atoms with Crippen LogP contribution in [0, 0.1) is 17.7 Å². The molecule has 0 spiro atoms. The average Bonchev–Trinajstić information content (AvgIpc) is 2.37. The Morgan fingerprint density at radius 2 is 2.29 bits per heavy atom. The lowest BCUT2D eigenvalue weighted by atomic mass is 9.84. The molecule has 2 unspecified atom stereocenters. The molecule has 3 nitrogen and oxygen atoms in total. The Morgan fingerprint density at radius 1 is 1.52 bits per heavy atom. The summed E-state index contributed by atoms with van der Waals surface area (Å²) in [5.74, 6) is -0.498. The van der Waals surface area contributed by atoms with Gasteiger partial charge in [0.2, 0.25) is 0 Å². The van der Waals surface area contributed by atoms with E-state index in [0.29, 0.717) is 17.5 Å². The molecule has 1 N–H and O–H groups in total. The van der Waals surface area contributed by atoms with Crippen LogP contribution in [0.4, 0.5) is 4.39 Å². The molecular formula is C16H21ClFNO2. The molecule has 0 aliphatic carbocycles. The van der Waals surface area contributed by atoms with Crippen molar-refractivity contribution in [3.8, 4) is 0 Å². The van der Waals surface area contributed by atoms with E-state index in [2.05, 4.69) is 4.90 Å². The number of hydrogen-bond acceptors (Lipinski definition) is 2. The van der Waals surface area contributed by atoms with Gasteiger partial charge in [-0.1, -0.05) is 18.5 Å². The Labute approximate surface area is 129 Å². The van der Waals surface area contributed by atoms with E-state index in [1.165, 1.54) is 12.1 Å². The van der Waals surface area contributed by atoms with Gasteiger partial charge in [-0.15, -0.1) is 0 Å². The van der Waals surface area contributed by atoms with Gasteiger partial charge in [-0.05, 0) is 55.0 Å². The van der Waals surface area contributed by atoms with Crippen molar-refractivity contribution in [2.45, 2.75) is 32.7 Å². The highest BCUT2D eigenvalue weighted by Crippen LogP contribution is 2.27. The Balaban J connectivity index is 1.96. The van der Waals surface area contributed by atoms with Gasteiger partial charge in [0.1, 0.15) is 5.82 Å². The largest absolute Gasteiger partial charge is 0.481 e. The fourth-order valence-electron chi connectivity index (χ4n) is 3.10. The first-order valence-electron chi connectivity index (χ1n) is 7.33. The molecule has 5 heteroatoms. The third kappa shape index (κ3) is 4.97. The SMILES string of the molecule is CC(CC(=O)O)C1CCCN(Cc2cc(F)cc(Cl)c2)C1. The lowest BCUT2D eigenvalue weighted by molar-refractivity contribution is -0.138. The van der Waals surface area contributed by atoms with Crippen molar-refractivity contribution < 1.29 is 14.3 Å². The first-order chi connectivity index (χ1) is 9.94. The van der Waals surface area contributed by atoms with E-state index in [-0.39, 0.29) is 18.2 Å². The molecule has 0 aromatic heterocycles. The van der Waals surface area contributed by atoms with Crippen molar-refractivity contribution in [2.75, 3.05) is 13.1 Å². The van der Waals surface area contributed by atoms with Crippen LogP contribution >= 0.6 is 11.6 Å². The van der Waals surface area contributed by atoms with Crippen molar-refractivity contribution in [3.63, 3.8) is 0 Å². The smallest absolute Gasteiger partial charge is 0.303 e. The molecule has 0 bridgehead atoms. The monoisotopic (exact) mass is 313 g/mol. The van der Waals surface area contributed by atoms with E-state index in [1.54, 1.807) is 6.07 Å². The van der Waals surface area contributed by atoms with Crippen LogP contribution in [0.15, 0.2) is 18.2 Å². The van der Waals surface area contributed by atoms with Crippen molar-refractivity contribution in [1.29, 1.82) is 0 Å². The Bertz CT molecular complexity index is 489. The van der Waals surface area contributed by atoms with Crippen LogP contribution in [0.25, 0.3) is 0 Å². The maximum absolute atomic E-state index is 13.4. The normalized spacial score (nSPS) is 21.2. The number of benzene rings is 1. The van der Waals surface area contributed by atoms with Crippen LogP contribution in [-0.2, 0) is 11.3 Å². The Morgan fingerprint density at radius 3 is 2.95 bits per heavy atom. The van der Waals surface area contributed by atoms with Gasteiger partial charge in [-0.25, -0.2) is 4.39 Å². The van der Waals surface area contributed by atoms with Crippen LogP contribution in [0.1, 0.15) is 31.7 Å². The number of piperidine rings is 1. The van der Waals surface area contributed by atoms with Gasteiger partial charge >= 0.3 is 5.97 Å². The number of likely N-dealkylation sites (tertiary alicyclic amines) is 1. The summed E-state index contributed by atoms with van der Waals surface area (Å²) in [6.07, 6.45) is 2.33. The lowest BCUT2D eigenvalue weighted by Crippen LogP contribution is -2.37. The van der Waals surface area contributed by atoms with Crippen LogP contribution in [0.5, 0.6) is 0 Å². The molecule has 1 aromatic carbocycles.